The molecule has 0 aromatic carbocycles. The number of pyridine rings is 1. The van der Waals surface area contributed by atoms with Crippen molar-refractivity contribution < 1.29 is 5.11 Å². The van der Waals surface area contributed by atoms with Gasteiger partial charge in [0.25, 0.3) is 0 Å². The van der Waals surface area contributed by atoms with Crippen LogP contribution < -0.4 is 4.90 Å². The lowest BCUT2D eigenvalue weighted by molar-refractivity contribution is 0.263. The van der Waals surface area contributed by atoms with E-state index in [1.165, 1.54) is 12.0 Å². The first-order valence-electron chi connectivity index (χ1n) is 5.58. The number of hydrogen-bond acceptors (Lipinski definition) is 3. The van der Waals surface area contributed by atoms with E-state index in [1.54, 1.807) is 0 Å². The fourth-order valence-electron chi connectivity index (χ4n) is 2.25. The molecule has 2 rings (SSSR count). The highest BCUT2D eigenvalue weighted by atomic mass is 16.3. The van der Waals surface area contributed by atoms with Gasteiger partial charge >= 0.3 is 0 Å². The lowest BCUT2D eigenvalue weighted by atomic mass is 10.1. The third-order valence-electron chi connectivity index (χ3n) is 3.10. The number of rotatable bonds is 3. The summed E-state index contributed by atoms with van der Waals surface area (Å²) < 4.78 is 0. The van der Waals surface area contributed by atoms with Crippen molar-refractivity contribution in [3.8, 4) is 0 Å². The summed E-state index contributed by atoms with van der Waals surface area (Å²) >= 11 is 0. The largest absolute Gasteiger partial charge is 0.396 e. The van der Waals surface area contributed by atoms with Gasteiger partial charge in [0.15, 0.2) is 0 Å². The summed E-state index contributed by atoms with van der Waals surface area (Å²) in [5.41, 5.74) is 1.24. The van der Waals surface area contributed by atoms with Crippen molar-refractivity contribution in [3.63, 3.8) is 0 Å². The van der Waals surface area contributed by atoms with Crippen molar-refractivity contribution in [1.82, 2.24) is 4.98 Å². The van der Waals surface area contributed by atoms with Crippen molar-refractivity contribution >= 4 is 5.82 Å². The van der Waals surface area contributed by atoms with Crippen LogP contribution in [0.1, 0.15) is 18.4 Å². The first-order chi connectivity index (χ1) is 7.31. The zero-order valence-electron chi connectivity index (χ0n) is 9.19. The van der Waals surface area contributed by atoms with Crippen LogP contribution in [0.3, 0.4) is 0 Å². The Bertz CT molecular complexity index is 327. The molecule has 3 nitrogen and oxygen atoms in total. The molecule has 15 heavy (non-hydrogen) atoms. The topological polar surface area (TPSA) is 36.4 Å². The molecule has 3 heteroatoms. The normalized spacial score (nSPS) is 20.9. The van der Waals surface area contributed by atoms with Gasteiger partial charge in [-0.05, 0) is 37.3 Å². The molecular formula is C12H18N2O. The van der Waals surface area contributed by atoms with Crippen LogP contribution in [0.5, 0.6) is 0 Å². The molecule has 82 valence electrons. The zero-order valence-corrected chi connectivity index (χ0v) is 9.19. The maximum atomic E-state index is 8.90. The molecule has 1 atom stereocenters. The molecule has 1 N–H and O–H groups in total. The van der Waals surface area contributed by atoms with Crippen LogP contribution in [0, 0.1) is 12.8 Å². The Balaban J connectivity index is 2.04. The van der Waals surface area contributed by atoms with Gasteiger partial charge in [-0.2, -0.15) is 0 Å². The van der Waals surface area contributed by atoms with E-state index in [-0.39, 0.29) is 0 Å². The maximum absolute atomic E-state index is 8.90. The standard InChI is InChI=1S/C12H18N2O/c1-10-3-2-6-13-12(10)14-7-4-11(9-14)5-8-15/h2-3,6,11,15H,4-5,7-9H2,1H3. The molecule has 0 spiro atoms. The molecule has 0 aliphatic carbocycles. The average Bonchev–Trinajstić information content (AvgIpc) is 2.68. The van der Waals surface area contributed by atoms with Gasteiger partial charge in [-0.25, -0.2) is 4.98 Å². The zero-order chi connectivity index (χ0) is 10.7. The summed E-state index contributed by atoms with van der Waals surface area (Å²) in [6, 6.07) is 4.07. The number of aryl methyl sites for hydroxylation is 1. The number of anilines is 1. The fourth-order valence-corrected chi connectivity index (χ4v) is 2.25. The van der Waals surface area contributed by atoms with E-state index in [2.05, 4.69) is 22.9 Å². The molecule has 1 aliphatic heterocycles. The van der Waals surface area contributed by atoms with E-state index in [0.29, 0.717) is 12.5 Å². The predicted octanol–water partition coefficient (Wildman–Crippen LogP) is 1.60. The van der Waals surface area contributed by atoms with Gasteiger partial charge in [0.05, 0.1) is 0 Å². The highest BCUT2D eigenvalue weighted by Gasteiger charge is 2.23. The summed E-state index contributed by atoms with van der Waals surface area (Å²) in [5.74, 6) is 1.74. The Morgan fingerprint density at radius 3 is 3.20 bits per heavy atom. The Labute approximate surface area is 90.8 Å². The van der Waals surface area contributed by atoms with Gasteiger partial charge < -0.3 is 10.0 Å². The van der Waals surface area contributed by atoms with Gasteiger partial charge in [-0.3, -0.25) is 0 Å². The van der Waals surface area contributed by atoms with E-state index >= 15 is 0 Å². The van der Waals surface area contributed by atoms with E-state index < -0.39 is 0 Å². The van der Waals surface area contributed by atoms with Gasteiger partial charge in [0.2, 0.25) is 0 Å². The van der Waals surface area contributed by atoms with Crippen LogP contribution in [0.15, 0.2) is 18.3 Å². The lowest BCUT2D eigenvalue weighted by Gasteiger charge is -2.19. The summed E-state index contributed by atoms with van der Waals surface area (Å²) in [7, 11) is 0. The van der Waals surface area contributed by atoms with Crippen molar-refractivity contribution in [2.75, 3.05) is 24.6 Å². The van der Waals surface area contributed by atoms with E-state index in [9.17, 15) is 0 Å². The minimum atomic E-state index is 0.305. The molecule has 1 aromatic heterocycles. The van der Waals surface area contributed by atoms with Gasteiger partial charge in [-0.1, -0.05) is 6.07 Å². The van der Waals surface area contributed by atoms with Gasteiger partial charge in [0.1, 0.15) is 5.82 Å². The summed E-state index contributed by atoms with van der Waals surface area (Å²) in [6.07, 6.45) is 3.95. The molecule has 0 radical (unpaired) electrons. The fraction of sp³-hybridized carbons (Fsp3) is 0.583. The second-order valence-electron chi connectivity index (χ2n) is 4.26. The number of aliphatic hydroxyl groups is 1. The molecule has 1 fully saturated rings. The van der Waals surface area contributed by atoms with Crippen LogP contribution >= 0.6 is 0 Å². The third-order valence-corrected chi connectivity index (χ3v) is 3.10. The number of aromatic nitrogens is 1. The Hall–Kier alpha value is -1.09. The molecule has 0 bridgehead atoms. The molecule has 1 saturated heterocycles. The molecule has 0 saturated carbocycles. The summed E-state index contributed by atoms with van der Waals surface area (Å²) in [5, 5.41) is 8.90. The van der Waals surface area contributed by atoms with E-state index in [0.717, 1.165) is 25.3 Å². The first-order valence-corrected chi connectivity index (χ1v) is 5.58. The summed E-state index contributed by atoms with van der Waals surface area (Å²) in [6.45, 7) is 4.52. The smallest absolute Gasteiger partial charge is 0.131 e. The van der Waals surface area contributed by atoms with Crippen LogP contribution in [-0.4, -0.2) is 29.8 Å². The van der Waals surface area contributed by atoms with Crippen LogP contribution in [0.4, 0.5) is 5.82 Å². The highest BCUT2D eigenvalue weighted by molar-refractivity contribution is 5.46. The van der Waals surface area contributed by atoms with Crippen molar-refractivity contribution in [1.29, 1.82) is 0 Å². The Kier molecular flexibility index (Phi) is 3.21. The second-order valence-corrected chi connectivity index (χ2v) is 4.26. The van der Waals surface area contributed by atoms with Crippen LogP contribution in [0.25, 0.3) is 0 Å². The predicted molar refractivity (Wildman–Crippen MR) is 61.0 cm³/mol. The highest BCUT2D eigenvalue weighted by Crippen LogP contribution is 2.25. The molecule has 0 amide bonds. The molecule has 2 heterocycles. The average molecular weight is 206 g/mol. The van der Waals surface area contributed by atoms with Crippen molar-refractivity contribution in [2.45, 2.75) is 19.8 Å². The van der Waals surface area contributed by atoms with E-state index in [4.69, 9.17) is 5.11 Å². The summed E-state index contributed by atoms with van der Waals surface area (Å²) in [4.78, 5) is 6.75. The Morgan fingerprint density at radius 2 is 2.47 bits per heavy atom. The minimum absolute atomic E-state index is 0.305. The lowest BCUT2D eigenvalue weighted by Crippen LogP contribution is -2.21. The quantitative estimate of drug-likeness (QED) is 0.816. The Morgan fingerprint density at radius 1 is 1.60 bits per heavy atom. The molecule has 1 aromatic rings. The van der Waals surface area contributed by atoms with Gasteiger partial charge in [0, 0.05) is 25.9 Å². The van der Waals surface area contributed by atoms with Crippen molar-refractivity contribution in [3.05, 3.63) is 23.9 Å². The van der Waals surface area contributed by atoms with Gasteiger partial charge in [-0.15, -0.1) is 0 Å². The third kappa shape index (κ3) is 2.29. The maximum Gasteiger partial charge on any atom is 0.131 e. The number of aliphatic hydroxyl groups excluding tert-OH is 1. The SMILES string of the molecule is Cc1cccnc1N1CCC(CCO)C1. The molecule has 1 aliphatic rings. The molecular weight excluding hydrogens is 188 g/mol. The van der Waals surface area contributed by atoms with Crippen LogP contribution in [-0.2, 0) is 0 Å². The van der Waals surface area contributed by atoms with E-state index in [1.807, 2.05) is 12.3 Å². The molecule has 1 unspecified atom stereocenters. The minimum Gasteiger partial charge on any atom is -0.396 e. The monoisotopic (exact) mass is 206 g/mol. The first kappa shape index (κ1) is 10.4. The van der Waals surface area contributed by atoms with Crippen LogP contribution in [0.2, 0.25) is 0 Å². The van der Waals surface area contributed by atoms with Crippen molar-refractivity contribution in [2.24, 2.45) is 5.92 Å². The number of nitrogens with zero attached hydrogens (tertiary/aromatic N) is 2. The second kappa shape index (κ2) is 4.62. The number of hydrogen-bond donors (Lipinski definition) is 1.